The van der Waals surface area contributed by atoms with E-state index in [1.807, 2.05) is 24.3 Å². The number of carboxylic acids is 1. The standard InChI is InChI=1S/C8H7NO2.C4H8O3/c10-8-9-7-4-2-1-3-6(7)5-11-8;1-3(7-2)4(5)6/h1-4H,5H2,(H,9,10);3H,1-2H3,(H,5,6). The van der Waals surface area contributed by atoms with Crippen LogP contribution in [0, 0.1) is 0 Å². The molecule has 1 unspecified atom stereocenters. The van der Waals surface area contributed by atoms with Crippen molar-refractivity contribution in [1.29, 1.82) is 0 Å². The van der Waals surface area contributed by atoms with Crippen molar-refractivity contribution in [2.45, 2.75) is 19.6 Å². The number of hydrogen-bond acceptors (Lipinski definition) is 4. The van der Waals surface area contributed by atoms with Gasteiger partial charge in [-0.3, -0.25) is 5.32 Å². The number of anilines is 1. The number of para-hydroxylation sites is 1. The molecule has 1 aliphatic rings. The SMILES string of the molecule is COC(C)C(=O)O.O=C1Nc2ccccc2CO1. The molecule has 0 bridgehead atoms. The zero-order valence-corrected chi connectivity index (χ0v) is 10.2. The number of methoxy groups -OCH3 is 1. The van der Waals surface area contributed by atoms with Crippen molar-refractivity contribution >= 4 is 17.7 Å². The van der Waals surface area contributed by atoms with E-state index >= 15 is 0 Å². The Balaban J connectivity index is 0.000000203. The zero-order valence-electron chi connectivity index (χ0n) is 10.2. The van der Waals surface area contributed by atoms with Gasteiger partial charge in [0.1, 0.15) is 6.61 Å². The molecule has 1 aromatic carbocycles. The van der Waals surface area contributed by atoms with Crippen molar-refractivity contribution in [3.63, 3.8) is 0 Å². The maximum atomic E-state index is 10.7. The number of ether oxygens (including phenoxy) is 2. The summed E-state index contributed by atoms with van der Waals surface area (Å²) in [6, 6.07) is 7.58. The molecular formula is C12H15NO5. The molecule has 98 valence electrons. The molecule has 0 saturated heterocycles. The molecule has 1 atom stereocenters. The number of cyclic esters (lactones) is 1. The molecular weight excluding hydrogens is 238 g/mol. The Kier molecular flexibility index (Phi) is 5.13. The van der Waals surface area contributed by atoms with E-state index in [-0.39, 0.29) is 6.09 Å². The number of carboxylic acid groups (broad SMARTS) is 1. The predicted molar refractivity (Wildman–Crippen MR) is 64.4 cm³/mol. The smallest absolute Gasteiger partial charge is 0.411 e. The first kappa shape index (κ1) is 14.0. The van der Waals surface area contributed by atoms with Gasteiger partial charge in [0.2, 0.25) is 0 Å². The summed E-state index contributed by atoms with van der Waals surface area (Å²) in [5.41, 5.74) is 1.87. The van der Waals surface area contributed by atoms with Gasteiger partial charge in [-0.25, -0.2) is 9.59 Å². The molecule has 1 aromatic rings. The third-order valence-corrected chi connectivity index (χ3v) is 2.31. The average molecular weight is 253 g/mol. The van der Waals surface area contributed by atoms with E-state index in [9.17, 15) is 9.59 Å². The lowest BCUT2D eigenvalue weighted by atomic mass is 10.2. The normalized spacial score (nSPS) is 14.2. The van der Waals surface area contributed by atoms with Crippen LogP contribution in [-0.4, -0.2) is 30.4 Å². The van der Waals surface area contributed by atoms with E-state index in [2.05, 4.69) is 10.1 Å². The molecule has 0 spiro atoms. The largest absolute Gasteiger partial charge is 0.479 e. The first-order valence-electron chi connectivity index (χ1n) is 5.32. The number of benzene rings is 1. The van der Waals surface area contributed by atoms with Gasteiger partial charge in [0, 0.05) is 12.7 Å². The van der Waals surface area contributed by atoms with Crippen LogP contribution >= 0.6 is 0 Å². The van der Waals surface area contributed by atoms with Crippen molar-refractivity contribution in [1.82, 2.24) is 0 Å². The maximum Gasteiger partial charge on any atom is 0.411 e. The van der Waals surface area contributed by atoms with E-state index in [0.29, 0.717) is 6.61 Å². The van der Waals surface area contributed by atoms with Gasteiger partial charge in [0.25, 0.3) is 0 Å². The summed E-state index contributed by atoms with van der Waals surface area (Å²) in [5.74, 6) is -0.928. The highest BCUT2D eigenvalue weighted by molar-refractivity contribution is 5.87. The fourth-order valence-electron chi connectivity index (χ4n) is 1.16. The molecule has 0 aliphatic carbocycles. The lowest BCUT2D eigenvalue weighted by Gasteiger charge is -2.16. The Bertz CT molecular complexity index is 432. The third kappa shape index (κ3) is 4.06. The number of fused-ring (bicyclic) bond motifs is 1. The highest BCUT2D eigenvalue weighted by Gasteiger charge is 2.13. The molecule has 2 N–H and O–H groups in total. The van der Waals surface area contributed by atoms with Crippen LogP contribution in [0.2, 0.25) is 0 Å². The van der Waals surface area contributed by atoms with Gasteiger partial charge in [-0.05, 0) is 13.0 Å². The van der Waals surface area contributed by atoms with Crippen LogP contribution in [0.1, 0.15) is 12.5 Å². The highest BCUT2D eigenvalue weighted by atomic mass is 16.5. The molecule has 0 radical (unpaired) electrons. The molecule has 1 amide bonds. The van der Waals surface area contributed by atoms with Crippen molar-refractivity contribution in [2.24, 2.45) is 0 Å². The van der Waals surface area contributed by atoms with E-state index in [0.717, 1.165) is 11.3 Å². The maximum absolute atomic E-state index is 10.7. The summed E-state index contributed by atoms with van der Waals surface area (Å²) >= 11 is 0. The molecule has 0 fully saturated rings. The van der Waals surface area contributed by atoms with Gasteiger partial charge < -0.3 is 14.6 Å². The lowest BCUT2D eigenvalue weighted by Crippen LogP contribution is -2.19. The van der Waals surface area contributed by atoms with Crippen molar-refractivity contribution in [3.05, 3.63) is 29.8 Å². The van der Waals surface area contributed by atoms with Crippen LogP contribution in [-0.2, 0) is 20.9 Å². The van der Waals surface area contributed by atoms with Gasteiger partial charge >= 0.3 is 12.1 Å². The molecule has 1 aliphatic heterocycles. The van der Waals surface area contributed by atoms with E-state index < -0.39 is 12.1 Å². The van der Waals surface area contributed by atoms with Crippen LogP contribution < -0.4 is 5.32 Å². The van der Waals surface area contributed by atoms with Crippen LogP contribution in [0.5, 0.6) is 0 Å². The van der Waals surface area contributed by atoms with Gasteiger partial charge in [-0.2, -0.15) is 0 Å². The number of amides is 1. The summed E-state index contributed by atoms with van der Waals surface area (Å²) < 4.78 is 9.17. The van der Waals surface area contributed by atoms with Crippen LogP contribution in [0.25, 0.3) is 0 Å². The minimum Gasteiger partial charge on any atom is -0.479 e. The third-order valence-electron chi connectivity index (χ3n) is 2.31. The summed E-state index contributed by atoms with van der Waals surface area (Å²) in [6.45, 7) is 1.85. The Morgan fingerprint density at radius 3 is 2.72 bits per heavy atom. The summed E-state index contributed by atoms with van der Waals surface area (Å²) in [4.78, 5) is 20.5. The van der Waals surface area contributed by atoms with Crippen LogP contribution in [0.15, 0.2) is 24.3 Å². The van der Waals surface area contributed by atoms with E-state index in [1.54, 1.807) is 0 Å². The quantitative estimate of drug-likeness (QED) is 0.840. The number of aliphatic carboxylic acids is 1. The number of rotatable bonds is 2. The topological polar surface area (TPSA) is 84.9 Å². The Morgan fingerprint density at radius 2 is 2.17 bits per heavy atom. The summed E-state index contributed by atoms with van der Waals surface area (Å²) in [5, 5.41) is 10.7. The zero-order chi connectivity index (χ0) is 13.5. The molecule has 0 aromatic heterocycles. The number of carbonyl (C=O) groups excluding carboxylic acids is 1. The molecule has 18 heavy (non-hydrogen) atoms. The fourth-order valence-corrected chi connectivity index (χ4v) is 1.16. The summed E-state index contributed by atoms with van der Waals surface area (Å²) in [6.07, 6.45) is -1.05. The average Bonchev–Trinajstić information content (AvgIpc) is 2.38. The second kappa shape index (κ2) is 6.61. The summed E-state index contributed by atoms with van der Waals surface area (Å²) in [7, 11) is 1.36. The van der Waals surface area contributed by atoms with Crippen molar-refractivity contribution in [2.75, 3.05) is 12.4 Å². The van der Waals surface area contributed by atoms with Gasteiger partial charge in [0.15, 0.2) is 6.10 Å². The highest BCUT2D eigenvalue weighted by Crippen LogP contribution is 2.19. The lowest BCUT2D eigenvalue weighted by molar-refractivity contribution is -0.147. The molecule has 0 saturated carbocycles. The number of carbonyl (C=O) groups is 2. The van der Waals surface area contributed by atoms with Crippen LogP contribution in [0.3, 0.4) is 0 Å². The minimum absolute atomic E-state index is 0.372. The second-order valence-electron chi connectivity index (χ2n) is 3.57. The number of nitrogens with one attached hydrogen (secondary N) is 1. The van der Waals surface area contributed by atoms with Gasteiger partial charge in [-0.1, -0.05) is 18.2 Å². The first-order chi connectivity index (χ1) is 8.54. The van der Waals surface area contributed by atoms with E-state index in [1.165, 1.54) is 14.0 Å². The molecule has 2 rings (SSSR count). The second-order valence-corrected chi connectivity index (χ2v) is 3.57. The van der Waals surface area contributed by atoms with Crippen LogP contribution in [0.4, 0.5) is 10.5 Å². The van der Waals surface area contributed by atoms with E-state index in [4.69, 9.17) is 9.84 Å². The Labute approximate surface area is 105 Å². The monoisotopic (exact) mass is 253 g/mol. The Morgan fingerprint density at radius 1 is 1.50 bits per heavy atom. The first-order valence-corrected chi connectivity index (χ1v) is 5.32. The molecule has 1 heterocycles. The molecule has 6 heteroatoms. The fraction of sp³-hybridized carbons (Fsp3) is 0.333. The van der Waals surface area contributed by atoms with Gasteiger partial charge in [0.05, 0.1) is 5.69 Å². The minimum atomic E-state index is -0.928. The van der Waals surface area contributed by atoms with Crippen molar-refractivity contribution < 1.29 is 24.2 Å². The Hall–Kier alpha value is -2.08. The number of hydrogen-bond donors (Lipinski definition) is 2. The molecule has 6 nitrogen and oxygen atoms in total. The van der Waals surface area contributed by atoms with Crippen molar-refractivity contribution in [3.8, 4) is 0 Å². The predicted octanol–water partition coefficient (Wildman–Crippen LogP) is 1.85. The van der Waals surface area contributed by atoms with Gasteiger partial charge in [-0.15, -0.1) is 0 Å².